The third-order valence-electron chi connectivity index (χ3n) is 3.71. The third-order valence-corrected chi connectivity index (χ3v) is 5.90. The van der Waals surface area contributed by atoms with Gasteiger partial charge >= 0.3 is 0 Å². The van der Waals surface area contributed by atoms with Crippen LogP contribution in [0.3, 0.4) is 0 Å². The molecule has 0 radical (unpaired) electrons. The number of pyridine rings is 1. The standard InChI is InChI=1S/C13H16Br3NO/c14-8-13(4-2-1-3-5-13)9-17-7-10(15)6-11(16)12(17)18/h6-7H,1-5,8-9H2. The Morgan fingerprint density at radius 1 is 1.22 bits per heavy atom. The van der Waals surface area contributed by atoms with E-state index in [0.717, 1.165) is 16.3 Å². The SMILES string of the molecule is O=c1c(Br)cc(Br)cn1CC1(CBr)CCCCC1. The van der Waals surface area contributed by atoms with Crippen molar-refractivity contribution in [1.29, 1.82) is 0 Å². The molecule has 1 aliphatic carbocycles. The largest absolute Gasteiger partial charge is 0.313 e. The van der Waals surface area contributed by atoms with Gasteiger partial charge in [-0.05, 0) is 56.2 Å². The van der Waals surface area contributed by atoms with Crippen molar-refractivity contribution in [3.63, 3.8) is 0 Å². The predicted molar refractivity (Wildman–Crippen MR) is 85.4 cm³/mol. The molecule has 0 N–H and O–H groups in total. The summed E-state index contributed by atoms with van der Waals surface area (Å²) in [7, 11) is 0. The van der Waals surface area contributed by atoms with Crippen molar-refractivity contribution in [2.75, 3.05) is 5.33 Å². The molecule has 1 aromatic rings. The fraction of sp³-hybridized carbons (Fsp3) is 0.615. The Kier molecular flexibility index (Phi) is 5.12. The molecule has 0 bridgehead atoms. The van der Waals surface area contributed by atoms with Gasteiger partial charge in [-0.3, -0.25) is 4.79 Å². The summed E-state index contributed by atoms with van der Waals surface area (Å²) in [6.45, 7) is 0.801. The van der Waals surface area contributed by atoms with Crippen molar-refractivity contribution in [3.8, 4) is 0 Å². The lowest BCUT2D eigenvalue weighted by Gasteiger charge is -2.36. The van der Waals surface area contributed by atoms with E-state index in [1.807, 2.05) is 10.8 Å². The van der Waals surface area contributed by atoms with E-state index in [0.29, 0.717) is 4.47 Å². The first-order valence-corrected chi connectivity index (χ1v) is 8.89. The number of hydrogen-bond donors (Lipinski definition) is 0. The molecule has 1 heterocycles. The van der Waals surface area contributed by atoms with Gasteiger partial charge in [0.2, 0.25) is 0 Å². The highest BCUT2D eigenvalue weighted by atomic mass is 79.9. The van der Waals surface area contributed by atoms with Gasteiger partial charge < -0.3 is 4.57 Å². The second-order valence-corrected chi connectivity index (χ2v) is 7.46. The minimum atomic E-state index is 0.0594. The Balaban J connectivity index is 2.29. The molecule has 5 heteroatoms. The van der Waals surface area contributed by atoms with Crippen molar-refractivity contribution in [2.24, 2.45) is 5.41 Å². The second kappa shape index (κ2) is 6.23. The zero-order valence-electron chi connectivity index (χ0n) is 10.1. The van der Waals surface area contributed by atoms with Gasteiger partial charge in [0.05, 0.1) is 4.47 Å². The smallest absolute Gasteiger partial charge is 0.264 e. The van der Waals surface area contributed by atoms with Crippen LogP contribution >= 0.6 is 47.8 Å². The quantitative estimate of drug-likeness (QED) is 0.622. The molecule has 0 aromatic carbocycles. The molecule has 1 aromatic heterocycles. The third kappa shape index (κ3) is 3.28. The molecule has 1 fully saturated rings. The summed E-state index contributed by atoms with van der Waals surface area (Å²) >= 11 is 10.4. The summed E-state index contributed by atoms with van der Waals surface area (Å²) in [6, 6.07) is 1.81. The van der Waals surface area contributed by atoms with Crippen molar-refractivity contribution in [1.82, 2.24) is 4.57 Å². The molecular formula is C13H16Br3NO. The Bertz CT molecular complexity index is 478. The summed E-state index contributed by atoms with van der Waals surface area (Å²) in [5, 5.41) is 0.969. The van der Waals surface area contributed by atoms with E-state index in [1.165, 1.54) is 32.1 Å². The fourth-order valence-corrected chi connectivity index (χ4v) is 4.68. The van der Waals surface area contributed by atoms with Crippen LogP contribution in [0.2, 0.25) is 0 Å². The van der Waals surface area contributed by atoms with Crippen LogP contribution in [-0.4, -0.2) is 9.90 Å². The Morgan fingerprint density at radius 2 is 1.89 bits per heavy atom. The predicted octanol–water partition coefficient (Wildman–Crippen LogP) is 4.72. The normalized spacial score (nSPS) is 18.8. The number of alkyl halides is 1. The van der Waals surface area contributed by atoms with Crippen LogP contribution in [0, 0.1) is 5.41 Å². The van der Waals surface area contributed by atoms with Crippen LogP contribution in [0.25, 0.3) is 0 Å². The summed E-state index contributed by atoms with van der Waals surface area (Å²) in [6.07, 6.45) is 8.17. The van der Waals surface area contributed by atoms with Crippen LogP contribution in [-0.2, 0) is 6.54 Å². The number of rotatable bonds is 3. The number of aromatic nitrogens is 1. The first-order valence-electron chi connectivity index (χ1n) is 6.18. The molecule has 100 valence electrons. The molecule has 2 nitrogen and oxygen atoms in total. The van der Waals surface area contributed by atoms with Crippen molar-refractivity contribution >= 4 is 47.8 Å². The monoisotopic (exact) mass is 439 g/mol. The fourth-order valence-electron chi connectivity index (χ4n) is 2.68. The Labute approximate surface area is 133 Å². The van der Waals surface area contributed by atoms with Crippen LogP contribution < -0.4 is 5.56 Å². The van der Waals surface area contributed by atoms with E-state index < -0.39 is 0 Å². The minimum absolute atomic E-state index is 0.0594. The van der Waals surface area contributed by atoms with E-state index in [4.69, 9.17) is 0 Å². The Hall–Kier alpha value is 0.390. The highest BCUT2D eigenvalue weighted by molar-refractivity contribution is 9.11. The molecule has 1 aliphatic rings. The topological polar surface area (TPSA) is 22.0 Å². The van der Waals surface area contributed by atoms with Gasteiger partial charge in [0.1, 0.15) is 0 Å². The van der Waals surface area contributed by atoms with Crippen molar-refractivity contribution in [3.05, 3.63) is 31.6 Å². The van der Waals surface area contributed by atoms with Crippen LogP contribution in [0.1, 0.15) is 32.1 Å². The Morgan fingerprint density at radius 3 is 2.50 bits per heavy atom. The first-order chi connectivity index (χ1) is 8.56. The molecule has 2 rings (SSSR count). The average Bonchev–Trinajstić information content (AvgIpc) is 2.36. The van der Waals surface area contributed by atoms with E-state index in [2.05, 4.69) is 47.8 Å². The lowest BCUT2D eigenvalue weighted by molar-refractivity contribution is 0.189. The maximum atomic E-state index is 12.1. The molecule has 18 heavy (non-hydrogen) atoms. The first kappa shape index (κ1) is 14.8. The summed E-state index contributed by atoms with van der Waals surface area (Å²) < 4.78 is 3.40. The van der Waals surface area contributed by atoms with Gasteiger partial charge in [-0.1, -0.05) is 35.2 Å². The highest BCUT2D eigenvalue weighted by Gasteiger charge is 2.31. The maximum absolute atomic E-state index is 12.1. The number of hydrogen-bond acceptors (Lipinski definition) is 1. The number of nitrogens with zero attached hydrogens (tertiary/aromatic N) is 1. The molecular weight excluding hydrogens is 426 g/mol. The van der Waals surface area contributed by atoms with E-state index in [9.17, 15) is 4.79 Å². The van der Waals surface area contributed by atoms with Crippen molar-refractivity contribution < 1.29 is 0 Å². The lowest BCUT2D eigenvalue weighted by Crippen LogP contribution is -2.35. The second-order valence-electron chi connectivity index (χ2n) is 5.13. The molecule has 1 saturated carbocycles. The molecule has 0 spiro atoms. The zero-order chi connectivity index (χ0) is 13.2. The van der Waals surface area contributed by atoms with Crippen LogP contribution in [0.15, 0.2) is 26.0 Å². The van der Waals surface area contributed by atoms with Gasteiger partial charge in [-0.25, -0.2) is 0 Å². The van der Waals surface area contributed by atoms with Gasteiger partial charge in [-0.15, -0.1) is 0 Å². The lowest BCUT2D eigenvalue weighted by atomic mass is 9.75. The van der Waals surface area contributed by atoms with Crippen LogP contribution in [0.4, 0.5) is 0 Å². The summed E-state index contributed by atoms with van der Waals surface area (Å²) in [5.74, 6) is 0. The van der Waals surface area contributed by atoms with E-state index >= 15 is 0 Å². The highest BCUT2D eigenvalue weighted by Crippen LogP contribution is 2.39. The zero-order valence-corrected chi connectivity index (χ0v) is 14.9. The van der Waals surface area contributed by atoms with Crippen LogP contribution in [0.5, 0.6) is 0 Å². The van der Waals surface area contributed by atoms with Gasteiger partial charge in [0, 0.05) is 22.5 Å². The average molecular weight is 442 g/mol. The minimum Gasteiger partial charge on any atom is -0.313 e. The van der Waals surface area contributed by atoms with Gasteiger partial charge in [0.25, 0.3) is 5.56 Å². The molecule has 0 amide bonds. The summed E-state index contributed by atoms with van der Waals surface area (Å²) in [5.41, 5.74) is 0.298. The molecule has 0 atom stereocenters. The maximum Gasteiger partial charge on any atom is 0.264 e. The molecule has 0 aliphatic heterocycles. The number of halogens is 3. The van der Waals surface area contributed by atoms with Crippen molar-refractivity contribution in [2.45, 2.75) is 38.6 Å². The van der Waals surface area contributed by atoms with E-state index in [1.54, 1.807) is 6.07 Å². The van der Waals surface area contributed by atoms with Gasteiger partial charge in [-0.2, -0.15) is 0 Å². The van der Waals surface area contributed by atoms with Gasteiger partial charge in [0.15, 0.2) is 0 Å². The molecule has 0 saturated heterocycles. The molecule has 0 unspecified atom stereocenters. The van der Waals surface area contributed by atoms with E-state index in [-0.39, 0.29) is 11.0 Å². The summed E-state index contributed by atoms with van der Waals surface area (Å²) in [4.78, 5) is 12.1.